The van der Waals surface area contributed by atoms with E-state index in [2.05, 4.69) is 4.52 Å². The Bertz CT molecular complexity index is 274. The van der Waals surface area contributed by atoms with E-state index in [1.54, 1.807) is 0 Å². The molecule has 0 aromatic heterocycles. The summed E-state index contributed by atoms with van der Waals surface area (Å²) in [5, 5.41) is 46.1. The van der Waals surface area contributed by atoms with Crippen LogP contribution in [0.15, 0.2) is 0 Å². The number of rotatable bonds is 2. The SMILES string of the molecule is O=P(O)(O)O[C@H]1[C@@H](O)[C@@H](O)[C@H](O)[C@H](O)[C@@H]1O. The Balaban J connectivity index is 2.87. The Morgan fingerprint density at radius 1 is 0.750 bits per heavy atom. The third-order valence-electron chi connectivity index (χ3n) is 2.33. The Hall–Kier alpha value is -0.0900. The standard InChI is InChI=1S/C6H13O9P/c7-1-2(8)4(10)6(5(11)3(1)9)15-16(12,13)14/h1-11H,(H2,12,13,14)/t1-,2-,3-,4-,5-,6-/m0/s1. The summed E-state index contributed by atoms with van der Waals surface area (Å²) in [7, 11) is -5.01. The van der Waals surface area contributed by atoms with E-state index in [1.165, 1.54) is 0 Å². The molecule has 0 aliphatic heterocycles. The highest BCUT2D eigenvalue weighted by atomic mass is 31.2. The van der Waals surface area contributed by atoms with Crippen LogP contribution in [0, 0.1) is 0 Å². The fourth-order valence-electron chi connectivity index (χ4n) is 1.48. The molecule has 10 heteroatoms. The summed E-state index contributed by atoms with van der Waals surface area (Å²) in [5.41, 5.74) is 0. The number of hydrogen-bond acceptors (Lipinski definition) is 7. The number of aliphatic hydroxyl groups is 5. The molecule has 1 aliphatic carbocycles. The monoisotopic (exact) mass is 260 g/mol. The smallest absolute Gasteiger partial charge is 0.387 e. The molecule has 96 valence electrons. The lowest BCUT2D eigenvalue weighted by Crippen LogP contribution is -2.64. The summed E-state index contributed by atoms with van der Waals surface area (Å²) < 4.78 is 14.5. The number of aliphatic hydroxyl groups excluding tert-OH is 5. The zero-order valence-corrected chi connectivity index (χ0v) is 8.75. The minimum absolute atomic E-state index is 1.83. The van der Waals surface area contributed by atoms with E-state index in [0.717, 1.165) is 0 Å². The molecule has 0 amide bonds. The Morgan fingerprint density at radius 2 is 1.06 bits per heavy atom. The highest BCUT2D eigenvalue weighted by Crippen LogP contribution is 2.41. The van der Waals surface area contributed by atoms with Crippen molar-refractivity contribution in [3.63, 3.8) is 0 Å². The largest absolute Gasteiger partial charge is 0.470 e. The Labute approximate surface area is 89.8 Å². The molecule has 16 heavy (non-hydrogen) atoms. The van der Waals surface area contributed by atoms with Crippen LogP contribution in [0.2, 0.25) is 0 Å². The first-order valence-corrected chi connectivity index (χ1v) is 5.82. The second-order valence-corrected chi connectivity index (χ2v) is 4.71. The van der Waals surface area contributed by atoms with Crippen molar-refractivity contribution in [1.29, 1.82) is 0 Å². The van der Waals surface area contributed by atoms with Gasteiger partial charge in [0, 0.05) is 0 Å². The topological polar surface area (TPSA) is 168 Å². The predicted molar refractivity (Wildman–Crippen MR) is 47.0 cm³/mol. The van der Waals surface area contributed by atoms with E-state index < -0.39 is 44.4 Å². The van der Waals surface area contributed by atoms with Gasteiger partial charge in [-0.3, -0.25) is 4.52 Å². The molecule has 0 saturated heterocycles. The molecule has 1 rings (SSSR count). The average molecular weight is 260 g/mol. The molecule has 9 nitrogen and oxygen atoms in total. The van der Waals surface area contributed by atoms with Crippen LogP contribution in [-0.2, 0) is 9.09 Å². The van der Waals surface area contributed by atoms with E-state index in [4.69, 9.17) is 14.9 Å². The van der Waals surface area contributed by atoms with Crippen molar-refractivity contribution in [2.75, 3.05) is 0 Å². The Morgan fingerprint density at radius 3 is 1.38 bits per heavy atom. The number of hydrogen-bond donors (Lipinski definition) is 7. The molecule has 1 saturated carbocycles. The maximum atomic E-state index is 10.5. The second kappa shape index (κ2) is 4.65. The summed E-state index contributed by atoms with van der Waals surface area (Å²) in [5.74, 6) is 0. The van der Waals surface area contributed by atoms with Crippen LogP contribution in [0.25, 0.3) is 0 Å². The van der Waals surface area contributed by atoms with Gasteiger partial charge >= 0.3 is 7.82 Å². The average Bonchev–Trinajstić information content (AvgIpc) is 2.17. The van der Waals surface area contributed by atoms with E-state index in [1.807, 2.05) is 0 Å². The molecule has 0 radical (unpaired) electrons. The van der Waals surface area contributed by atoms with Crippen molar-refractivity contribution < 1.29 is 44.4 Å². The van der Waals surface area contributed by atoms with Crippen molar-refractivity contribution in [2.24, 2.45) is 0 Å². The fourth-order valence-corrected chi connectivity index (χ4v) is 2.05. The van der Waals surface area contributed by atoms with Gasteiger partial charge in [-0.2, -0.15) is 0 Å². The van der Waals surface area contributed by atoms with Gasteiger partial charge in [0.15, 0.2) is 0 Å². The summed E-state index contributed by atoms with van der Waals surface area (Å²) in [4.78, 5) is 17.0. The number of phosphoric ester groups is 1. The van der Waals surface area contributed by atoms with Gasteiger partial charge in [0.25, 0.3) is 0 Å². The van der Waals surface area contributed by atoms with Crippen molar-refractivity contribution in [1.82, 2.24) is 0 Å². The predicted octanol–water partition coefficient (Wildman–Crippen LogP) is -3.72. The van der Waals surface area contributed by atoms with E-state index >= 15 is 0 Å². The summed E-state index contributed by atoms with van der Waals surface area (Å²) in [6, 6.07) is 0. The van der Waals surface area contributed by atoms with Gasteiger partial charge < -0.3 is 35.3 Å². The van der Waals surface area contributed by atoms with E-state index in [-0.39, 0.29) is 0 Å². The van der Waals surface area contributed by atoms with Crippen molar-refractivity contribution >= 4 is 7.82 Å². The van der Waals surface area contributed by atoms with Crippen LogP contribution >= 0.6 is 7.82 Å². The van der Waals surface area contributed by atoms with Gasteiger partial charge in [0.2, 0.25) is 0 Å². The van der Waals surface area contributed by atoms with Crippen molar-refractivity contribution in [3.05, 3.63) is 0 Å². The molecule has 1 aliphatic rings. The van der Waals surface area contributed by atoms with Crippen LogP contribution in [0.4, 0.5) is 0 Å². The zero-order chi connectivity index (χ0) is 12.7. The second-order valence-electron chi connectivity index (χ2n) is 3.51. The number of phosphoric acid groups is 1. The van der Waals surface area contributed by atoms with Gasteiger partial charge in [-0.1, -0.05) is 0 Å². The Kier molecular flexibility index (Phi) is 4.06. The summed E-state index contributed by atoms with van der Waals surface area (Å²) >= 11 is 0. The molecular formula is C6H13O9P. The molecule has 0 spiro atoms. The lowest BCUT2D eigenvalue weighted by Gasteiger charge is -2.41. The van der Waals surface area contributed by atoms with Crippen molar-refractivity contribution in [3.8, 4) is 0 Å². The van der Waals surface area contributed by atoms with Gasteiger partial charge in [0.05, 0.1) is 0 Å². The first-order chi connectivity index (χ1) is 7.15. The third kappa shape index (κ3) is 2.77. The van der Waals surface area contributed by atoms with E-state index in [9.17, 15) is 25.0 Å². The molecule has 0 aromatic rings. The molecule has 0 aromatic carbocycles. The molecule has 0 heterocycles. The third-order valence-corrected chi connectivity index (χ3v) is 2.85. The highest BCUT2D eigenvalue weighted by molar-refractivity contribution is 7.46. The minimum atomic E-state index is -5.01. The molecular weight excluding hydrogens is 247 g/mol. The van der Waals surface area contributed by atoms with Crippen LogP contribution in [0.1, 0.15) is 0 Å². The minimum Gasteiger partial charge on any atom is -0.387 e. The van der Waals surface area contributed by atoms with Crippen LogP contribution < -0.4 is 0 Å². The lowest BCUT2D eigenvalue weighted by molar-refractivity contribution is -0.219. The molecule has 7 N–H and O–H groups in total. The summed E-state index contributed by atoms with van der Waals surface area (Å²) in [6.07, 6.45) is -11.3. The van der Waals surface area contributed by atoms with Crippen molar-refractivity contribution in [2.45, 2.75) is 36.6 Å². The van der Waals surface area contributed by atoms with Gasteiger partial charge in [0.1, 0.15) is 36.6 Å². The maximum absolute atomic E-state index is 10.5. The molecule has 1 fully saturated rings. The quantitative estimate of drug-likeness (QED) is 0.247. The highest BCUT2D eigenvalue weighted by Gasteiger charge is 2.50. The van der Waals surface area contributed by atoms with Gasteiger partial charge in [-0.15, -0.1) is 0 Å². The fraction of sp³-hybridized carbons (Fsp3) is 1.00. The maximum Gasteiger partial charge on any atom is 0.470 e. The molecule has 4 atom stereocenters. The van der Waals surface area contributed by atoms with Gasteiger partial charge in [-0.25, -0.2) is 4.57 Å². The first kappa shape index (κ1) is 14.0. The molecule has 0 unspecified atom stereocenters. The molecule has 0 bridgehead atoms. The lowest BCUT2D eigenvalue weighted by atomic mass is 9.85. The zero-order valence-electron chi connectivity index (χ0n) is 7.86. The summed E-state index contributed by atoms with van der Waals surface area (Å²) in [6.45, 7) is 0. The van der Waals surface area contributed by atoms with E-state index in [0.29, 0.717) is 0 Å². The van der Waals surface area contributed by atoms with Crippen LogP contribution in [-0.4, -0.2) is 71.9 Å². The van der Waals surface area contributed by atoms with Crippen LogP contribution in [0.5, 0.6) is 0 Å². The van der Waals surface area contributed by atoms with Crippen LogP contribution in [0.3, 0.4) is 0 Å². The van der Waals surface area contributed by atoms with Gasteiger partial charge in [-0.05, 0) is 0 Å². The normalized spacial score (nSPS) is 45.7. The first-order valence-electron chi connectivity index (χ1n) is 4.29.